The van der Waals surface area contributed by atoms with E-state index in [0.717, 1.165) is 0 Å². The van der Waals surface area contributed by atoms with Crippen LogP contribution in [0.5, 0.6) is 0 Å². The van der Waals surface area contributed by atoms with Gasteiger partial charge in [0.15, 0.2) is 5.78 Å². The number of methoxy groups -OCH3 is 2. The van der Waals surface area contributed by atoms with E-state index >= 15 is 0 Å². The lowest BCUT2D eigenvalue weighted by Crippen LogP contribution is -2.31. The molecule has 0 aliphatic heterocycles. The van der Waals surface area contributed by atoms with Crippen LogP contribution in [0.2, 0.25) is 0 Å². The van der Waals surface area contributed by atoms with E-state index in [0.29, 0.717) is 26.1 Å². The number of ether oxygens (including phenoxy) is 2. The molecule has 6 nitrogen and oxygen atoms in total. The highest BCUT2D eigenvalue weighted by Crippen LogP contribution is 2.05. The summed E-state index contributed by atoms with van der Waals surface area (Å²) in [6.45, 7) is 2.63. The van der Waals surface area contributed by atoms with Crippen molar-refractivity contribution in [1.82, 2.24) is 5.32 Å². The van der Waals surface area contributed by atoms with Crippen LogP contribution in [0.3, 0.4) is 0 Å². The van der Waals surface area contributed by atoms with Gasteiger partial charge in [0.2, 0.25) is 5.91 Å². The Morgan fingerprint density at radius 3 is 2.10 bits per heavy atom. The van der Waals surface area contributed by atoms with E-state index < -0.39 is 0 Å². The number of carbonyl (C=O) groups excluding carboxylic acids is 3. The third-order valence-electron chi connectivity index (χ3n) is 2.83. The molecule has 0 radical (unpaired) electrons. The van der Waals surface area contributed by atoms with Crippen LogP contribution >= 0.6 is 0 Å². The number of ketones is 2. The summed E-state index contributed by atoms with van der Waals surface area (Å²) in [5.41, 5.74) is 0. The van der Waals surface area contributed by atoms with Gasteiger partial charge in [-0.1, -0.05) is 6.92 Å². The van der Waals surface area contributed by atoms with Crippen LogP contribution in [0.15, 0.2) is 0 Å². The van der Waals surface area contributed by atoms with Gasteiger partial charge in [-0.2, -0.15) is 0 Å². The maximum absolute atomic E-state index is 11.7. The number of amides is 1. The topological polar surface area (TPSA) is 81.7 Å². The first-order valence-corrected chi connectivity index (χ1v) is 6.81. The molecule has 0 spiro atoms. The van der Waals surface area contributed by atoms with Gasteiger partial charge in [0.05, 0.1) is 19.8 Å². The fourth-order valence-corrected chi connectivity index (χ4v) is 1.75. The van der Waals surface area contributed by atoms with E-state index in [2.05, 4.69) is 5.32 Å². The SMILES string of the molecule is CCC(=O)CCC(=O)NCC(=O)CC(COC)COC. The summed E-state index contributed by atoms with van der Waals surface area (Å²) in [7, 11) is 3.14. The molecule has 0 unspecified atom stereocenters. The fraction of sp³-hybridized carbons (Fsp3) is 0.786. The summed E-state index contributed by atoms with van der Waals surface area (Å²) in [4.78, 5) is 34.2. The van der Waals surface area contributed by atoms with Crippen molar-refractivity contribution < 1.29 is 23.9 Å². The lowest BCUT2D eigenvalue weighted by Gasteiger charge is -2.14. The Morgan fingerprint density at radius 2 is 1.60 bits per heavy atom. The predicted octanol–water partition coefficient (Wildman–Crippen LogP) is 0.730. The fourth-order valence-electron chi connectivity index (χ4n) is 1.75. The third kappa shape index (κ3) is 9.63. The van der Waals surface area contributed by atoms with Crippen molar-refractivity contribution in [3.8, 4) is 0 Å². The molecule has 0 fully saturated rings. The standard InChI is InChI=1S/C14H25NO5/c1-4-12(16)5-6-14(18)15-8-13(17)7-11(9-19-2)10-20-3/h11H,4-10H2,1-3H3,(H,15,18). The molecule has 0 aliphatic rings. The maximum Gasteiger partial charge on any atom is 0.220 e. The van der Waals surface area contributed by atoms with Crippen LogP contribution in [-0.2, 0) is 23.9 Å². The molecule has 0 saturated heterocycles. The van der Waals surface area contributed by atoms with Crippen LogP contribution in [0.1, 0.15) is 32.6 Å². The number of Topliss-reactive ketones (excluding diaryl/α,β-unsaturated/α-hetero) is 2. The lowest BCUT2D eigenvalue weighted by atomic mass is 10.0. The van der Waals surface area contributed by atoms with Gasteiger partial charge in [0, 0.05) is 45.8 Å². The predicted molar refractivity (Wildman–Crippen MR) is 74.4 cm³/mol. The summed E-state index contributed by atoms with van der Waals surface area (Å²) in [5, 5.41) is 2.53. The maximum atomic E-state index is 11.7. The molecule has 0 aliphatic carbocycles. The van der Waals surface area contributed by atoms with Gasteiger partial charge in [-0.25, -0.2) is 0 Å². The van der Waals surface area contributed by atoms with Crippen LogP contribution in [0, 0.1) is 5.92 Å². The highest BCUT2D eigenvalue weighted by molar-refractivity contribution is 5.88. The summed E-state index contributed by atoms with van der Waals surface area (Å²) >= 11 is 0. The van der Waals surface area contributed by atoms with E-state index in [1.165, 1.54) is 0 Å². The van der Waals surface area contributed by atoms with Crippen molar-refractivity contribution >= 4 is 17.5 Å². The normalized spacial score (nSPS) is 10.6. The number of rotatable bonds is 12. The minimum Gasteiger partial charge on any atom is -0.384 e. The smallest absolute Gasteiger partial charge is 0.220 e. The summed E-state index contributed by atoms with van der Waals surface area (Å²) < 4.78 is 10.0. The van der Waals surface area contributed by atoms with Gasteiger partial charge in [-0.3, -0.25) is 14.4 Å². The zero-order valence-corrected chi connectivity index (χ0v) is 12.6. The average molecular weight is 287 g/mol. The molecular weight excluding hydrogens is 262 g/mol. The van der Waals surface area contributed by atoms with Gasteiger partial charge < -0.3 is 14.8 Å². The van der Waals surface area contributed by atoms with Gasteiger partial charge in [0.1, 0.15) is 5.78 Å². The molecule has 0 rings (SSSR count). The Kier molecular flexibility index (Phi) is 10.8. The molecule has 0 heterocycles. The van der Waals surface area contributed by atoms with Gasteiger partial charge in [-0.05, 0) is 0 Å². The molecule has 1 N–H and O–H groups in total. The van der Waals surface area contributed by atoms with Crippen LogP contribution < -0.4 is 5.32 Å². The minimum absolute atomic E-state index is 0.00364. The molecule has 116 valence electrons. The first-order valence-electron chi connectivity index (χ1n) is 6.81. The average Bonchev–Trinajstić information content (AvgIpc) is 2.43. The van der Waals surface area contributed by atoms with Crippen molar-refractivity contribution in [1.29, 1.82) is 0 Å². The van der Waals surface area contributed by atoms with Crippen LogP contribution in [-0.4, -0.2) is 51.5 Å². The Labute approximate surface area is 120 Å². The first kappa shape index (κ1) is 18.7. The second-order valence-corrected chi connectivity index (χ2v) is 4.69. The second-order valence-electron chi connectivity index (χ2n) is 4.69. The Hall–Kier alpha value is -1.27. The number of carbonyl (C=O) groups is 3. The molecule has 6 heteroatoms. The molecule has 0 atom stereocenters. The highest BCUT2D eigenvalue weighted by atomic mass is 16.5. The largest absolute Gasteiger partial charge is 0.384 e. The molecule has 0 bridgehead atoms. The molecular formula is C14H25NO5. The highest BCUT2D eigenvalue weighted by Gasteiger charge is 2.14. The Balaban J connectivity index is 3.90. The van der Waals surface area contributed by atoms with E-state index in [9.17, 15) is 14.4 Å². The lowest BCUT2D eigenvalue weighted by molar-refractivity contribution is -0.127. The molecule has 1 amide bonds. The monoisotopic (exact) mass is 287 g/mol. The minimum atomic E-state index is -0.268. The first-order chi connectivity index (χ1) is 9.53. The number of hydrogen-bond acceptors (Lipinski definition) is 5. The Bertz CT molecular complexity index is 311. The summed E-state index contributed by atoms with van der Waals surface area (Å²) in [6, 6.07) is 0. The van der Waals surface area contributed by atoms with E-state index in [1.54, 1.807) is 21.1 Å². The van der Waals surface area contributed by atoms with Crippen molar-refractivity contribution in [3.05, 3.63) is 0 Å². The van der Waals surface area contributed by atoms with Crippen molar-refractivity contribution in [2.75, 3.05) is 34.0 Å². The number of hydrogen-bond donors (Lipinski definition) is 1. The molecule has 20 heavy (non-hydrogen) atoms. The van der Waals surface area contributed by atoms with E-state index in [-0.39, 0.29) is 42.8 Å². The van der Waals surface area contributed by atoms with E-state index in [1.807, 2.05) is 0 Å². The zero-order valence-electron chi connectivity index (χ0n) is 12.6. The summed E-state index contributed by atoms with van der Waals surface area (Å²) in [5.74, 6) is -0.294. The number of nitrogens with one attached hydrogen (secondary N) is 1. The third-order valence-corrected chi connectivity index (χ3v) is 2.83. The molecule has 0 aromatic heterocycles. The molecule has 0 aromatic rings. The second kappa shape index (κ2) is 11.5. The molecule has 0 saturated carbocycles. The van der Waals surface area contributed by atoms with Crippen molar-refractivity contribution in [2.45, 2.75) is 32.6 Å². The van der Waals surface area contributed by atoms with Crippen LogP contribution in [0.4, 0.5) is 0 Å². The Morgan fingerprint density at radius 1 is 1.00 bits per heavy atom. The van der Waals surface area contributed by atoms with Gasteiger partial charge >= 0.3 is 0 Å². The van der Waals surface area contributed by atoms with Crippen molar-refractivity contribution in [3.63, 3.8) is 0 Å². The van der Waals surface area contributed by atoms with Crippen LogP contribution in [0.25, 0.3) is 0 Å². The quantitative estimate of drug-likeness (QED) is 0.572. The zero-order chi connectivity index (χ0) is 15.4. The van der Waals surface area contributed by atoms with Crippen molar-refractivity contribution in [2.24, 2.45) is 5.92 Å². The van der Waals surface area contributed by atoms with Gasteiger partial charge in [-0.15, -0.1) is 0 Å². The summed E-state index contributed by atoms with van der Waals surface area (Å²) in [6.07, 6.45) is 1.10. The molecule has 0 aromatic carbocycles. The van der Waals surface area contributed by atoms with E-state index in [4.69, 9.17) is 9.47 Å². The van der Waals surface area contributed by atoms with Gasteiger partial charge in [0.25, 0.3) is 0 Å².